The number of carbonyl (C=O) groups is 1. The van der Waals surface area contributed by atoms with Crippen LogP contribution < -0.4 is 10.6 Å². The van der Waals surface area contributed by atoms with Crippen molar-refractivity contribution >= 4 is 27.8 Å². The summed E-state index contributed by atoms with van der Waals surface area (Å²) in [7, 11) is 1.55. The van der Waals surface area contributed by atoms with Gasteiger partial charge in [-0.2, -0.15) is 0 Å². The molecule has 1 aromatic rings. The fourth-order valence-corrected chi connectivity index (χ4v) is 1.00. The summed E-state index contributed by atoms with van der Waals surface area (Å²) in [5.41, 5.74) is 0. The average Bonchev–Trinajstić information content (AvgIpc) is 2.04. The number of hydrogen-bond acceptors (Lipinski definition) is 2. The monoisotopic (exact) mass is 229 g/mol. The van der Waals surface area contributed by atoms with Crippen LogP contribution in [-0.4, -0.2) is 18.1 Å². The molecule has 0 aliphatic rings. The number of nitrogens with zero attached hydrogens (tertiary/aromatic N) is 1. The van der Waals surface area contributed by atoms with Crippen LogP contribution in [-0.2, 0) is 0 Å². The van der Waals surface area contributed by atoms with Gasteiger partial charge in [-0.15, -0.1) is 0 Å². The van der Waals surface area contributed by atoms with Crippen molar-refractivity contribution in [2.45, 2.75) is 0 Å². The molecule has 0 atom stereocenters. The lowest BCUT2D eigenvalue weighted by molar-refractivity contribution is 0.254. The number of hydrogen-bond donors (Lipinski definition) is 2. The van der Waals surface area contributed by atoms with Crippen LogP contribution >= 0.6 is 15.9 Å². The molecular formula is C7H8BrN3O. The van der Waals surface area contributed by atoms with Crippen LogP contribution in [0, 0.1) is 0 Å². The number of nitrogens with one attached hydrogen (secondary N) is 2. The first-order chi connectivity index (χ1) is 5.72. The molecule has 2 N–H and O–H groups in total. The van der Waals surface area contributed by atoms with E-state index in [1.54, 1.807) is 25.2 Å². The summed E-state index contributed by atoms with van der Waals surface area (Å²) in [6.45, 7) is 0. The third-order valence-corrected chi connectivity index (χ3v) is 1.63. The van der Waals surface area contributed by atoms with E-state index in [2.05, 4.69) is 31.5 Å². The number of pyridine rings is 1. The second kappa shape index (κ2) is 4.06. The van der Waals surface area contributed by atoms with Gasteiger partial charge in [0.25, 0.3) is 0 Å². The van der Waals surface area contributed by atoms with E-state index in [0.29, 0.717) is 10.4 Å². The van der Waals surface area contributed by atoms with Crippen LogP contribution in [0.25, 0.3) is 0 Å². The lowest BCUT2D eigenvalue weighted by atomic mass is 10.5. The van der Waals surface area contributed by atoms with Gasteiger partial charge < -0.3 is 5.32 Å². The Kier molecular flexibility index (Phi) is 3.04. The van der Waals surface area contributed by atoms with Crippen LogP contribution in [0.4, 0.5) is 10.6 Å². The summed E-state index contributed by atoms with van der Waals surface area (Å²) in [5, 5.41) is 4.97. The molecule has 0 fully saturated rings. The Morgan fingerprint density at radius 1 is 1.58 bits per heavy atom. The van der Waals surface area contributed by atoms with Gasteiger partial charge >= 0.3 is 6.03 Å². The van der Waals surface area contributed by atoms with Crippen LogP contribution in [0.15, 0.2) is 22.8 Å². The minimum absolute atomic E-state index is 0.277. The van der Waals surface area contributed by atoms with Gasteiger partial charge in [0.1, 0.15) is 10.4 Å². The number of aromatic nitrogens is 1. The molecule has 4 nitrogen and oxygen atoms in total. The lowest BCUT2D eigenvalue weighted by Crippen LogP contribution is -2.24. The predicted molar refractivity (Wildman–Crippen MR) is 50.0 cm³/mol. The Labute approximate surface area is 78.5 Å². The molecule has 1 rings (SSSR count). The summed E-state index contributed by atoms with van der Waals surface area (Å²) in [6, 6.07) is 5.01. The molecule has 64 valence electrons. The number of carbonyl (C=O) groups excluding carboxylic acids is 1. The molecule has 2 amide bonds. The van der Waals surface area contributed by atoms with Gasteiger partial charge in [0.05, 0.1) is 0 Å². The maximum Gasteiger partial charge on any atom is 0.320 e. The van der Waals surface area contributed by atoms with Crippen LogP contribution in [0.2, 0.25) is 0 Å². The third-order valence-electron chi connectivity index (χ3n) is 1.18. The van der Waals surface area contributed by atoms with Crippen LogP contribution in [0.1, 0.15) is 0 Å². The summed E-state index contributed by atoms with van der Waals surface area (Å²) < 4.78 is 0.691. The molecule has 0 unspecified atom stereocenters. The van der Waals surface area contributed by atoms with E-state index in [1.165, 1.54) is 0 Å². The minimum Gasteiger partial charge on any atom is -0.341 e. The highest BCUT2D eigenvalue weighted by Gasteiger charge is 1.98. The summed E-state index contributed by atoms with van der Waals surface area (Å²) in [5.74, 6) is 0.517. The maximum atomic E-state index is 10.8. The summed E-state index contributed by atoms with van der Waals surface area (Å²) in [4.78, 5) is 14.8. The zero-order valence-corrected chi connectivity index (χ0v) is 8.05. The van der Waals surface area contributed by atoms with E-state index in [9.17, 15) is 4.79 Å². The fourth-order valence-electron chi connectivity index (χ4n) is 0.657. The molecule has 0 aromatic carbocycles. The normalized spacial score (nSPS) is 9.17. The standard InChI is InChI=1S/C7H8BrN3O/c1-9-7(12)11-6-4-2-3-5(8)10-6/h2-4H,1H3,(H2,9,10,11,12). The molecule has 0 saturated carbocycles. The van der Waals surface area contributed by atoms with Crippen molar-refractivity contribution in [1.29, 1.82) is 0 Å². The van der Waals surface area contributed by atoms with E-state index in [-0.39, 0.29) is 6.03 Å². The zero-order valence-electron chi connectivity index (χ0n) is 6.47. The minimum atomic E-state index is -0.277. The largest absolute Gasteiger partial charge is 0.341 e. The molecule has 12 heavy (non-hydrogen) atoms. The lowest BCUT2D eigenvalue weighted by Gasteiger charge is -2.02. The molecule has 0 saturated heterocycles. The van der Waals surface area contributed by atoms with Crippen molar-refractivity contribution < 1.29 is 4.79 Å². The highest BCUT2D eigenvalue weighted by Crippen LogP contribution is 2.09. The van der Waals surface area contributed by atoms with Crippen LogP contribution in [0.5, 0.6) is 0 Å². The average molecular weight is 230 g/mol. The van der Waals surface area contributed by atoms with E-state index in [0.717, 1.165) is 0 Å². The van der Waals surface area contributed by atoms with E-state index >= 15 is 0 Å². The second-order valence-electron chi connectivity index (χ2n) is 2.05. The van der Waals surface area contributed by atoms with Gasteiger partial charge in [-0.1, -0.05) is 6.07 Å². The molecule has 1 aromatic heterocycles. The summed E-state index contributed by atoms with van der Waals surface area (Å²) >= 11 is 3.19. The van der Waals surface area contributed by atoms with Gasteiger partial charge in [-0.25, -0.2) is 9.78 Å². The third kappa shape index (κ3) is 2.50. The molecule has 0 spiro atoms. The van der Waals surface area contributed by atoms with Crippen molar-refractivity contribution in [2.75, 3.05) is 12.4 Å². The van der Waals surface area contributed by atoms with Crippen molar-refractivity contribution in [1.82, 2.24) is 10.3 Å². The van der Waals surface area contributed by atoms with Crippen molar-refractivity contribution in [3.8, 4) is 0 Å². The smallest absolute Gasteiger partial charge is 0.320 e. The first-order valence-corrected chi connectivity index (χ1v) is 4.13. The van der Waals surface area contributed by atoms with Gasteiger partial charge in [-0.3, -0.25) is 5.32 Å². The molecule has 1 heterocycles. The molecular weight excluding hydrogens is 222 g/mol. The Morgan fingerprint density at radius 3 is 2.92 bits per heavy atom. The zero-order chi connectivity index (χ0) is 8.97. The Balaban J connectivity index is 2.69. The Hall–Kier alpha value is -1.10. The Morgan fingerprint density at radius 2 is 2.33 bits per heavy atom. The highest BCUT2D eigenvalue weighted by atomic mass is 79.9. The SMILES string of the molecule is CNC(=O)Nc1cccc(Br)n1. The molecule has 0 aliphatic heterocycles. The molecule has 5 heteroatoms. The van der Waals surface area contributed by atoms with Crippen molar-refractivity contribution in [2.24, 2.45) is 0 Å². The van der Waals surface area contributed by atoms with Crippen molar-refractivity contribution in [3.05, 3.63) is 22.8 Å². The van der Waals surface area contributed by atoms with Gasteiger partial charge in [0, 0.05) is 7.05 Å². The van der Waals surface area contributed by atoms with E-state index in [4.69, 9.17) is 0 Å². The first kappa shape index (κ1) is 8.99. The van der Waals surface area contributed by atoms with Crippen molar-refractivity contribution in [3.63, 3.8) is 0 Å². The van der Waals surface area contributed by atoms with Crippen LogP contribution in [0.3, 0.4) is 0 Å². The number of rotatable bonds is 1. The van der Waals surface area contributed by atoms with Gasteiger partial charge in [0.2, 0.25) is 0 Å². The molecule has 0 radical (unpaired) electrons. The predicted octanol–water partition coefficient (Wildman–Crippen LogP) is 1.60. The number of urea groups is 1. The second-order valence-corrected chi connectivity index (χ2v) is 2.86. The first-order valence-electron chi connectivity index (χ1n) is 3.33. The maximum absolute atomic E-state index is 10.8. The van der Waals surface area contributed by atoms with E-state index < -0.39 is 0 Å². The topological polar surface area (TPSA) is 54.0 Å². The van der Waals surface area contributed by atoms with Gasteiger partial charge in [0.15, 0.2) is 0 Å². The molecule has 0 aliphatic carbocycles. The fraction of sp³-hybridized carbons (Fsp3) is 0.143. The quantitative estimate of drug-likeness (QED) is 0.720. The van der Waals surface area contributed by atoms with Gasteiger partial charge in [-0.05, 0) is 28.1 Å². The summed E-state index contributed by atoms with van der Waals surface area (Å²) in [6.07, 6.45) is 0. The molecule has 0 bridgehead atoms. The highest BCUT2D eigenvalue weighted by molar-refractivity contribution is 9.10. The Bertz CT molecular complexity index is 290. The number of anilines is 1. The number of halogens is 1. The number of amides is 2. The van der Waals surface area contributed by atoms with E-state index in [1.807, 2.05) is 0 Å².